The minimum absolute atomic E-state index is 0.0598. The fraction of sp³-hybridized carbons (Fsp3) is 0.241. The highest BCUT2D eigenvalue weighted by molar-refractivity contribution is 6.12. The number of carboxylic acid groups (broad SMARTS) is 2. The predicted octanol–water partition coefficient (Wildman–Crippen LogP) is 6.19. The number of halogens is 8. The largest absolute Gasteiger partial charge is 0.480 e. The van der Waals surface area contributed by atoms with Crippen LogP contribution in [0.25, 0.3) is 0 Å². The molecule has 0 aromatic heterocycles. The number of aryl methyl sites for hydroxylation is 2. The SMILES string of the molecule is Cc1cc(C(F)(C(F)(F)F)C(F)(F)F)cc(C)c1N(CC(=O)O)C(=O)c1cccc(N(CC(=O)O)C(=O)c2ccccc2)c1F. The Balaban J connectivity index is 2.19. The number of hydrogen-bond acceptors (Lipinski definition) is 4. The van der Waals surface area contributed by atoms with Crippen molar-refractivity contribution in [3.63, 3.8) is 0 Å². The number of carbonyl (C=O) groups is 4. The number of amides is 2. The Hall–Kier alpha value is -5.02. The summed E-state index contributed by atoms with van der Waals surface area (Å²) in [6, 6.07) is 10.2. The number of benzene rings is 3. The molecule has 0 saturated carbocycles. The van der Waals surface area contributed by atoms with E-state index in [1.165, 1.54) is 24.3 Å². The molecule has 0 spiro atoms. The van der Waals surface area contributed by atoms with Gasteiger partial charge in [-0.05, 0) is 49.2 Å². The number of nitrogens with zero attached hydrogens (tertiary/aromatic N) is 2. The van der Waals surface area contributed by atoms with Gasteiger partial charge in [-0.2, -0.15) is 26.3 Å². The Labute approximate surface area is 249 Å². The molecule has 16 heteroatoms. The number of alkyl halides is 7. The zero-order valence-corrected chi connectivity index (χ0v) is 23.1. The minimum Gasteiger partial charge on any atom is -0.480 e. The summed E-state index contributed by atoms with van der Waals surface area (Å²) in [5.41, 5.74) is -11.2. The van der Waals surface area contributed by atoms with Gasteiger partial charge in [0.05, 0.1) is 16.9 Å². The first-order chi connectivity index (χ1) is 20.7. The second kappa shape index (κ2) is 12.5. The van der Waals surface area contributed by atoms with Gasteiger partial charge in [0.1, 0.15) is 13.1 Å². The average Bonchev–Trinajstić information content (AvgIpc) is 2.93. The first kappa shape index (κ1) is 34.5. The highest BCUT2D eigenvalue weighted by atomic mass is 19.4. The lowest BCUT2D eigenvalue weighted by Gasteiger charge is -2.32. The van der Waals surface area contributed by atoms with Crippen LogP contribution in [-0.4, -0.2) is 59.4 Å². The number of carbonyl (C=O) groups excluding carboxylic acids is 2. The summed E-state index contributed by atoms with van der Waals surface area (Å²) in [4.78, 5) is 50.8. The smallest absolute Gasteiger partial charge is 0.435 e. The van der Waals surface area contributed by atoms with Crippen LogP contribution in [0, 0.1) is 19.7 Å². The molecule has 0 heterocycles. The Morgan fingerprint density at radius 2 is 1.18 bits per heavy atom. The van der Waals surface area contributed by atoms with Crippen LogP contribution < -0.4 is 9.80 Å². The van der Waals surface area contributed by atoms with Gasteiger partial charge in [0, 0.05) is 11.1 Å². The molecule has 0 saturated heterocycles. The summed E-state index contributed by atoms with van der Waals surface area (Å²) in [5.74, 6) is -7.27. The van der Waals surface area contributed by atoms with E-state index >= 15 is 4.39 Å². The molecular formula is C29H22F8N2O6. The molecule has 0 atom stereocenters. The summed E-state index contributed by atoms with van der Waals surface area (Å²) in [6.45, 7) is -0.586. The zero-order valence-electron chi connectivity index (χ0n) is 23.1. The van der Waals surface area contributed by atoms with Gasteiger partial charge < -0.3 is 10.2 Å². The molecule has 2 amide bonds. The quantitative estimate of drug-likeness (QED) is 0.268. The Bertz CT molecular complexity index is 1600. The summed E-state index contributed by atoms with van der Waals surface area (Å²) < 4.78 is 111. The fourth-order valence-electron chi connectivity index (χ4n) is 4.63. The number of carboxylic acids is 2. The van der Waals surface area contributed by atoms with Crippen molar-refractivity contribution in [3.05, 3.63) is 94.3 Å². The Morgan fingerprint density at radius 3 is 1.64 bits per heavy atom. The molecule has 240 valence electrons. The van der Waals surface area contributed by atoms with Gasteiger partial charge >= 0.3 is 30.0 Å². The van der Waals surface area contributed by atoms with Gasteiger partial charge in [0.25, 0.3) is 11.8 Å². The molecule has 45 heavy (non-hydrogen) atoms. The van der Waals surface area contributed by atoms with E-state index in [4.69, 9.17) is 0 Å². The van der Waals surface area contributed by atoms with Crippen molar-refractivity contribution in [3.8, 4) is 0 Å². The van der Waals surface area contributed by atoms with Crippen molar-refractivity contribution >= 4 is 35.1 Å². The van der Waals surface area contributed by atoms with E-state index < -0.39 is 94.3 Å². The van der Waals surface area contributed by atoms with Crippen LogP contribution in [0.3, 0.4) is 0 Å². The van der Waals surface area contributed by atoms with Crippen molar-refractivity contribution in [2.45, 2.75) is 31.9 Å². The lowest BCUT2D eigenvalue weighted by Crippen LogP contribution is -2.50. The topological polar surface area (TPSA) is 115 Å². The van der Waals surface area contributed by atoms with Crippen LogP contribution in [0.2, 0.25) is 0 Å². The molecule has 0 unspecified atom stereocenters. The third-order valence-electron chi connectivity index (χ3n) is 6.54. The van der Waals surface area contributed by atoms with Gasteiger partial charge in [-0.15, -0.1) is 0 Å². The zero-order chi connectivity index (χ0) is 34.1. The maximum atomic E-state index is 15.9. The molecule has 0 aliphatic rings. The Morgan fingerprint density at radius 1 is 0.689 bits per heavy atom. The van der Waals surface area contributed by atoms with Crippen LogP contribution in [0.4, 0.5) is 46.5 Å². The number of hydrogen-bond donors (Lipinski definition) is 2. The monoisotopic (exact) mass is 646 g/mol. The van der Waals surface area contributed by atoms with Gasteiger partial charge in [0.2, 0.25) is 0 Å². The molecule has 3 aromatic rings. The Kier molecular flexibility index (Phi) is 9.60. The lowest BCUT2D eigenvalue weighted by molar-refractivity contribution is -0.348. The molecule has 0 bridgehead atoms. The van der Waals surface area contributed by atoms with Gasteiger partial charge in [-0.1, -0.05) is 36.4 Å². The van der Waals surface area contributed by atoms with Crippen molar-refractivity contribution in [1.82, 2.24) is 0 Å². The third kappa shape index (κ3) is 6.73. The maximum absolute atomic E-state index is 15.9. The van der Waals surface area contributed by atoms with E-state index in [1.807, 2.05) is 0 Å². The molecule has 0 aliphatic heterocycles. The summed E-state index contributed by atoms with van der Waals surface area (Å²) >= 11 is 0. The van der Waals surface area contributed by atoms with Crippen LogP contribution in [0.1, 0.15) is 37.4 Å². The minimum atomic E-state index is -6.45. The predicted molar refractivity (Wildman–Crippen MR) is 142 cm³/mol. The summed E-state index contributed by atoms with van der Waals surface area (Å²) in [5, 5.41) is 18.8. The lowest BCUT2D eigenvalue weighted by atomic mass is 9.90. The normalized spacial score (nSPS) is 12.0. The molecule has 0 aliphatic carbocycles. The fourth-order valence-corrected chi connectivity index (χ4v) is 4.63. The van der Waals surface area contributed by atoms with Crippen LogP contribution in [0.15, 0.2) is 60.7 Å². The van der Waals surface area contributed by atoms with Gasteiger partial charge in [-0.3, -0.25) is 29.0 Å². The van der Waals surface area contributed by atoms with Crippen LogP contribution >= 0.6 is 0 Å². The van der Waals surface area contributed by atoms with Crippen molar-refractivity contribution in [2.75, 3.05) is 22.9 Å². The van der Waals surface area contributed by atoms with Crippen LogP contribution in [-0.2, 0) is 15.3 Å². The molecule has 2 N–H and O–H groups in total. The highest BCUT2D eigenvalue weighted by Gasteiger charge is 2.73. The first-order valence-electron chi connectivity index (χ1n) is 12.6. The molecule has 3 rings (SSSR count). The maximum Gasteiger partial charge on any atom is 0.435 e. The van der Waals surface area contributed by atoms with Gasteiger partial charge in [0.15, 0.2) is 5.82 Å². The van der Waals surface area contributed by atoms with Crippen molar-refractivity contribution in [2.24, 2.45) is 0 Å². The van der Waals surface area contributed by atoms with E-state index in [-0.39, 0.29) is 17.7 Å². The second-order valence-corrected chi connectivity index (χ2v) is 9.69. The highest BCUT2D eigenvalue weighted by Crippen LogP contribution is 2.54. The molecule has 0 fully saturated rings. The first-order valence-corrected chi connectivity index (χ1v) is 12.6. The summed E-state index contributed by atoms with van der Waals surface area (Å²) in [6.07, 6.45) is -12.9. The summed E-state index contributed by atoms with van der Waals surface area (Å²) in [7, 11) is 0. The van der Waals surface area contributed by atoms with Crippen LogP contribution in [0.5, 0.6) is 0 Å². The second-order valence-electron chi connectivity index (χ2n) is 9.69. The van der Waals surface area contributed by atoms with E-state index in [1.54, 1.807) is 6.07 Å². The molecule has 3 aromatic carbocycles. The van der Waals surface area contributed by atoms with E-state index in [9.17, 15) is 60.1 Å². The third-order valence-corrected chi connectivity index (χ3v) is 6.54. The number of anilines is 2. The average molecular weight is 646 g/mol. The van der Waals surface area contributed by atoms with E-state index in [0.717, 1.165) is 32.0 Å². The van der Waals surface area contributed by atoms with Crippen molar-refractivity contribution < 1.29 is 64.5 Å². The molecular weight excluding hydrogens is 624 g/mol. The van der Waals surface area contributed by atoms with E-state index in [2.05, 4.69) is 0 Å². The molecule has 8 nitrogen and oxygen atoms in total. The van der Waals surface area contributed by atoms with Crippen molar-refractivity contribution in [1.29, 1.82) is 0 Å². The van der Waals surface area contributed by atoms with Gasteiger partial charge in [-0.25, -0.2) is 8.78 Å². The van der Waals surface area contributed by atoms with E-state index in [0.29, 0.717) is 9.80 Å². The number of aliphatic carboxylic acids is 2. The standard InChI is InChI=1S/C29H22F8N2O6/c1-15-11-18(27(31,28(32,33)34)29(35,36)37)12-16(2)24(15)39(14-22(42)43)26(45)19-9-6-10-20(23(19)30)38(13-21(40)41)25(44)17-7-4-3-5-8-17/h3-12H,13-14H2,1-2H3,(H,40,41)(H,42,43). The number of rotatable bonds is 9. The molecule has 0 radical (unpaired) electrons.